The first-order valence-electron chi connectivity index (χ1n) is 7.69. The number of amides is 1. The van der Waals surface area contributed by atoms with E-state index >= 15 is 0 Å². The molecule has 7 nitrogen and oxygen atoms in total. The van der Waals surface area contributed by atoms with Crippen LogP contribution in [0.5, 0.6) is 0 Å². The minimum atomic E-state index is -3.86. The summed E-state index contributed by atoms with van der Waals surface area (Å²) in [6.07, 6.45) is 1.83. The predicted molar refractivity (Wildman–Crippen MR) is 102 cm³/mol. The number of nitrogens with zero attached hydrogens (tertiary/aromatic N) is 2. The van der Waals surface area contributed by atoms with Crippen molar-refractivity contribution in [2.24, 2.45) is 12.2 Å². The van der Waals surface area contributed by atoms with Crippen LogP contribution in [0.25, 0.3) is 11.3 Å². The van der Waals surface area contributed by atoms with E-state index in [-0.39, 0.29) is 10.8 Å². The summed E-state index contributed by atoms with van der Waals surface area (Å²) in [5.41, 5.74) is 2.97. The molecule has 2 heterocycles. The van der Waals surface area contributed by atoms with Crippen LogP contribution in [-0.2, 0) is 17.1 Å². The van der Waals surface area contributed by atoms with Gasteiger partial charge in [-0.25, -0.2) is 18.5 Å². The minimum absolute atomic E-state index is 0.0131. The number of rotatable bonds is 4. The molecular formula is C17H18N4O3S2. The number of carbonyl (C=O) groups excluding carboxylic acids is 1. The molecule has 3 rings (SSSR count). The van der Waals surface area contributed by atoms with Gasteiger partial charge in [0, 0.05) is 29.9 Å². The largest absolute Gasteiger partial charge is 0.346 e. The highest BCUT2D eigenvalue weighted by molar-refractivity contribution is 7.89. The SMILES string of the molecule is Cc1nc(-c2cc(C(=O)Nc3ccc(C)c(S(N)(=O)=O)c3)n(C)c2)cs1. The summed E-state index contributed by atoms with van der Waals surface area (Å²) in [5.74, 6) is -0.352. The van der Waals surface area contributed by atoms with E-state index in [0.29, 0.717) is 16.9 Å². The maximum Gasteiger partial charge on any atom is 0.272 e. The standard InChI is InChI=1S/C17H18N4O3S2/c1-10-4-5-13(7-16(10)26(18,23)24)20-17(22)15-6-12(8-21(15)3)14-9-25-11(2)19-14/h4-9H,1-3H3,(H,20,22)(H2,18,23,24). The quantitative estimate of drug-likeness (QED) is 0.714. The van der Waals surface area contributed by atoms with Crippen molar-refractivity contribution in [2.75, 3.05) is 5.32 Å². The molecule has 0 aliphatic rings. The zero-order chi connectivity index (χ0) is 19.1. The molecule has 0 unspecified atom stereocenters. The van der Waals surface area contributed by atoms with E-state index in [2.05, 4.69) is 10.3 Å². The van der Waals surface area contributed by atoms with E-state index in [1.807, 2.05) is 18.5 Å². The summed E-state index contributed by atoms with van der Waals surface area (Å²) in [6, 6.07) is 6.34. The second-order valence-corrected chi connectivity index (χ2v) is 8.55. The van der Waals surface area contributed by atoms with E-state index < -0.39 is 10.0 Å². The van der Waals surface area contributed by atoms with Gasteiger partial charge < -0.3 is 9.88 Å². The van der Waals surface area contributed by atoms with Crippen LogP contribution < -0.4 is 10.5 Å². The highest BCUT2D eigenvalue weighted by Gasteiger charge is 2.17. The van der Waals surface area contributed by atoms with Gasteiger partial charge in [-0.15, -0.1) is 11.3 Å². The smallest absolute Gasteiger partial charge is 0.272 e. The van der Waals surface area contributed by atoms with Gasteiger partial charge in [-0.1, -0.05) is 6.07 Å². The highest BCUT2D eigenvalue weighted by atomic mass is 32.2. The van der Waals surface area contributed by atoms with Crippen LogP contribution >= 0.6 is 11.3 Å². The Kier molecular flexibility index (Phi) is 4.70. The fourth-order valence-electron chi connectivity index (χ4n) is 2.61. The number of aryl methyl sites for hydroxylation is 3. The first kappa shape index (κ1) is 18.3. The fourth-order valence-corrected chi connectivity index (χ4v) is 4.04. The van der Waals surface area contributed by atoms with Crippen LogP contribution in [0.2, 0.25) is 0 Å². The van der Waals surface area contributed by atoms with Gasteiger partial charge in [-0.05, 0) is 37.6 Å². The Morgan fingerprint density at radius 1 is 1.27 bits per heavy atom. The Morgan fingerprint density at radius 2 is 2.00 bits per heavy atom. The maximum atomic E-state index is 12.6. The molecule has 2 aromatic heterocycles. The summed E-state index contributed by atoms with van der Waals surface area (Å²) in [4.78, 5) is 17.0. The normalized spacial score (nSPS) is 11.5. The summed E-state index contributed by atoms with van der Waals surface area (Å²) in [6.45, 7) is 3.57. The second-order valence-electron chi connectivity index (χ2n) is 5.96. The van der Waals surface area contributed by atoms with Crippen molar-refractivity contribution in [3.63, 3.8) is 0 Å². The van der Waals surface area contributed by atoms with E-state index in [9.17, 15) is 13.2 Å². The van der Waals surface area contributed by atoms with Crippen LogP contribution in [0.4, 0.5) is 5.69 Å². The Hall–Kier alpha value is -2.49. The molecule has 9 heteroatoms. The van der Waals surface area contributed by atoms with Gasteiger partial charge in [0.15, 0.2) is 0 Å². The minimum Gasteiger partial charge on any atom is -0.346 e. The molecule has 0 atom stereocenters. The monoisotopic (exact) mass is 390 g/mol. The fraction of sp³-hybridized carbons (Fsp3) is 0.176. The predicted octanol–water partition coefficient (Wildman–Crippen LogP) is 2.67. The Morgan fingerprint density at radius 3 is 2.62 bits per heavy atom. The molecule has 1 aromatic carbocycles. The number of primary sulfonamides is 1. The lowest BCUT2D eigenvalue weighted by Gasteiger charge is -2.09. The average Bonchev–Trinajstić information content (AvgIpc) is 3.14. The van der Waals surface area contributed by atoms with Gasteiger partial charge in [0.05, 0.1) is 15.6 Å². The molecular weight excluding hydrogens is 372 g/mol. The topological polar surface area (TPSA) is 107 Å². The molecule has 3 N–H and O–H groups in total. The van der Waals surface area contributed by atoms with Gasteiger partial charge >= 0.3 is 0 Å². The van der Waals surface area contributed by atoms with Crippen LogP contribution in [0, 0.1) is 13.8 Å². The summed E-state index contributed by atoms with van der Waals surface area (Å²) < 4.78 is 25.0. The van der Waals surface area contributed by atoms with Crippen LogP contribution in [0.3, 0.4) is 0 Å². The van der Waals surface area contributed by atoms with Crippen LogP contribution in [0.1, 0.15) is 21.1 Å². The number of hydrogen-bond acceptors (Lipinski definition) is 5. The second kappa shape index (κ2) is 6.67. The molecule has 0 aliphatic carbocycles. The van der Waals surface area contributed by atoms with Crippen molar-refractivity contribution in [1.82, 2.24) is 9.55 Å². The van der Waals surface area contributed by atoms with E-state index in [0.717, 1.165) is 16.3 Å². The number of sulfonamides is 1. The van der Waals surface area contributed by atoms with Gasteiger partial charge in [-0.3, -0.25) is 4.79 Å². The lowest BCUT2D eigenvalue weighted by molar-refractivity contribution is 0.101. The van der Waals surface area contributed by atoms with Crippen molar-refractivity contribution < 1.29 is 13.2 Å². The molecule has 26 heavy (non-hydrogen) atoms. The molecule has 0 bridgehead atoms. The zero-order valence-corrected chi connectivity index (χ0v) is 16.1. The van der Waals surface area contributed by atoms with Gasteiger partial charge in [0.1, 0.15) is 5.69 Å². The third kappa shape index (κ3) is 3.69. The maximum absolute atomic E-state index is 12.6. The van der Waals surface area contributed by atoms with Crippen molar-refractivity contribution in [2.45, 2.75) is 18.7 Å². The number of nitrogens with one attached hydrogen (secondary N) is 1. The lowest BCUT2D eigenvalue weighted by atomic mass is 10.2. The molecule has 0 spiro atoms. The van der Waals surface area contributed by atoms with Gasteiger partial charge in [0.25, 0.3) is 5.91 Å². The van der Waals surface area contributed by atoms with Crippen molar-refractivity contribution in [3.8, 4) is 11.3 Å². The average molecular weight is 390 g/mol. The molecule has 3 aromatic rings. The van der Waals surface area contributed by atoms with Gasteiger partial charge in [0.2, 0.25) is 10.0 Å². The summed E-state index contributed by atoms with van der Waals surface area (Å²) >= 11 is 1.54. The first-order valence-corrected chi connectivity index (χ1v) is 10.1. The molecule has 0 saturated heterocycles. The van der Waals surface area contributed by atoms with Crippen molar-refractivity contribution in [1.29, 1.82) is 0 Å². The van der Waals surface area contributed by atoms with Gasteiger partial charge in [-0.2, -0.15) is 0 Å². The number of anilines is 1. The molecule has 136 valence electrons. The molecule has 0 aliphatic heterocycles. The summed E-state index contributed by atoms with van der Waals surface area (Å²) in [5, 5.41) is 10.8. The lowest BCUT2D eigenvalue weighted by Crippen LogP contribution is -2.17. The Labute approximate surface area is 155 Å². The number of aromatic nitrogens is 2. The number of nitrogens with two attached hydrogens (primary N) is 1. The highest BCUT2D eigenvalue weighted by Crippen LogP contribution is 2.24. The zero-order valence-electron chi connectivity index (χ0n) is 14.5. The Bertz CT molecular complexity index is 1100. The number of benzene rings is 1. The molecule has 0 saturated carbocycles. The van der Waals surface area contributed by atoms with E-state index in [1.54, 1.807) is 48.1 Å². The number of thiazole rings is 1. The first-order chi connectivity index (χ1) is 12.1. The molecule has 0 radical (unpaired) electrons. The molecule has 0 fully saturated rings. The number of hydrogen-bond donors (Lipinski definition) is 2. The van der Waals surface area contributed by atoms with E-state index in [1.165, 1.54) is 6.07 Å². The number of carbonyl (C=O) groups is 1. The van der Waals surface area contributed by atoms with Crippen LogP contribution in [-0.4, -0.2) is 23.9 Å². The van der Waals surface area contributed by atoms with Crippen molar-refractivity contribution in [3.05, 3.63) is 52.1 Å². The molecule has 1 amide bonds. The van der Waals surface area contributed by atoms with Crippen molar-refractivity contribution >= 4 is 33.0 Å². The third-order valence-corrected chi connectivity index (χ3v) is 5.73. The van der Waals surface area contributed by atoms with Crippen LogP contribution in [0.15, 0.2) is 40.7 Å². The summed E-state index contributed by atoms with van der Waals surface area (Å²) in [7, 11) is -2.09. The van der Waals surface area contributed by atoms with E-state index in [4.69, 9.17) is 5.14 Å². The third-order valence-electron chi connectivity index (χ3n) is 3.90. The Balaban J connectivity index is 1.88.